The maximum absolute atomic E-state index is 6.38. The molecule has 3 atom stereocenters. The Morgan fingerprint density at radius 3 is 2.69 bits per heavy atom. The van der Waals surface area contributed by atoms with Crippen LogP contribution in [0, 0.1) is 5.92 Å². The third-order valence-corrected chi connectivity index (χ3v) is 7.65. The first-order chi connectivity index (χ1) is 14.1. The van der Waals surface area contributed by atoms with Crippen LogP contribution in [-0.4, -0.2) is 41.5 Å². The molecule has 3 unspecified atom stereocenters. The molecule has 1 aromatic rings. The Balaban J connectivity index is 1.46. The number of benzene rings is 1. The van der Waals surface area contributed by atoms with Gasteiger partial charge >= 0.3 is 0 Å². The van der Waals surface area contributed by atoms with Crippen molar-refractivity contribution in [2.24, 2.45) is 11.7 Å². The van der Waals surface area contributed by atoms with Crippen molar-refractivity contribution >= 4 is 0 Å². The molecule has 1 saturated carbocycles. The molecule has 1 aliphatic heterocycles. The molecule has 0 radical (unpaired) electrons. The van der Waals surface area contributed by atoms with Gasteiger partial charge in [-0.2, -0.15) is 0 Å². The highest BCUT2D eigenvalue weighted by molar-refractivity contribution is 5.35. The van der Waals surface area contributed by atoms with Gasteiger partial charge in [0.25, 0.3) is 0 Å². The van der Waals surface area contributed by atoms with Crippen molar-refractivity contribution in [2.45, 2.75) is 77.4 Å². The van der Waals surface area contributed by atoms with E-state index in [9.17, 15) is 0 Å². The van der Waals surface area contributed by atoms with Crippen LogP contribution in [0.3, 0.4) is 0 Å². The Labute approximate surface area is 177 Å². The SMILES string of the molecule is C=C1C=C(N)C(N2CCc3ccc(CC4CCCC4N(CC)CC)cc3C2)CC1. The van der Waals surface area contributed by atoms with Crippen LogP contribution in [0.1, 0.15) is 62.6 Å². The first-order valence-electron chi connectivity index (χ1n) is 11.8. The molecule has 0 spiro atoms. The number of fused-ring (bicyclic) bond motifs is 1. The van der Waals surface area contributed by atoms with Gasteiger partial charge in [-0.3, -0.25) is 4.90 Å². The zero-order valence-electron chi connectivity index (χ0n) is 18.5. The summed E-state index contributed by atoms with van der Waals surface area (Å²) in [5, 5.41) is 0. The largest absolute Gasteiger partial charge is 0.401 e. The highest BCUT2D eigenvalue weighted by Gasteiger charge is 2.31. The molecule has 0 bridgehead atoms. The van der Waals surface area contributed by atoms with E-state index < -0.39 is 0 Å². The average molecular weight is 394 g/mol. The first-order valence-corrected chi connectivity index (χ1v) is 11.8. The van der Waals surface area contributed by atoms with Crippen molar-refractivity contribution in [2.75, 3.05) is 19.6 Å². The molecule has 29 heavy (non-hydrogen) atoms. The molecule has 0 saturated heterocycles. The second-order valence-corrected chi connectivity index (χ2v) is 9.36. The lowest BCUT2D eigenvalue weighted by Gasteiger charge is -2.38. The molecule has 1 fully saturated rings. The number of hydrogen-bond acceptors (Lipinski definition) is 3. The topological polar surface area (TPSA) is 32.5 Å². The molecule has 2 aliphatic carbocycles. The fraction of sp³-hybridized carbons (Fsp3) is 0.615. The predicted molar refractivity (Wildman–Crippen MR) is 123 cm³/mol. The van der Waals surface area contributed by atoms with E-state index in [0.717, 1.165) is 50.0 Å². The molecular formula is C26H39N3. The highest BCUT2D eigenvalue weighted by atomic mass is 15.2. The summed E-state index contributed by atoms with van der Waals surface area (Å²) in [5.41, 5.74) is 13.2. The quantitative estimate of drug-likeness (QED) is 0.763. The highest BCUT2D eigenvalue weighted by Crippen LogP contribution is 2.34. The molecule has 4 rings (SSSR count). The van der Waals surface area contributed by atoms with Gasteiger partial charge in [-0.05, 0) is 80.3 Å². The van der Waals surface area contributed by atoms with Crippen LogP contribution >= 0.6 is 0 Å². The Hall–Kier alpha value is -1.58. The van der Waals surface area contributed by atoms with E-state index in [2.05, 4.69) is 54.5 Å². The fourth-order valence-corrected chi connectivity index (χ4v) is 6.04. The van der Waals surface area contributed by atoms with E-state index in [0.29, 0.717) is 6.04 Å². The number of nitrogens with zero attached hydrogens (tertiary/aromatic N) is 2. The zero-order valence-corrected chi connectivity index (χ0v) is 18.5. The van der Waals surface area contributed by atoms with E-state index >= 15 is 0 Å². The number of rotatable bonds is 6. The Morgan fingerprint density at radius 2 is 1.93 bits per heavy atom. The van der Waals surface area contributed by atoms with Crippen molar-refractivity contribution in [1.29, 1.82) is 0 Å². The standard InChI is InChI=1S/C26H39N3/c1-4-28(5-2)25-8-6-7-22(25)16-20-10-11-21-13-14-29(18-23(21)17-20)26-12-9-19(3)15-24(26)27/h10-11,15,17,22,25-26H,3-9,12-14,16,18,27H2,1-2H3. The van der Waals surface area contributed by atoms with Crippen molar-refractivity contribution < 1.29 is 0 Å². The van der Waals surface area contributed by atoms with Gasteiger partial charge in [-0.1, -0.05) is 50.6 Å². The van der Waals surface area contributed by atoms with Crippen molar-refractivity contribution in [3.8, 4) is 0 Å². The smallest absolute Gasteiger partial charge is 0.0499 e. The third kappa shape index (κ3) is 4.46. The van der Waals surface area contributed by atoms with Crippen LogP contribution < -0.4 is 5.73 Å². The number of hydrogen-bond donors (Lipinski definition) is 1. The summed E-state index contributed by atoms with van der Waals surface area (Å²) in [5.74, 6) is 0.815. The third-order valence-electron chi connectivity index (χ3n) is 7.65. The summed E-state index contributed by atoms with van der Waals surface area (Å²) < 4.78 is 0. The average Bonchev–Trinajstić information content (AvgIpc) is 3.16. The summed E-state index contributed by atoms with van der Waals surface area (Å²) in [6.45, 7) is 13.2. The molecule has 1 heterocycles. The summed E-state index contributed by atoms with van der Waals surface area (Å²) in [6, 6.07) is 8.49. The zero-order chi connectivity index (χ0) is 20.4. The van der Waals surface area contributed by atoms with Gasteiger partial charge in [-0.15, -0.1) is 0 Å². The molecule has 1 aromatic carbocycles. The van der Waals surface area contributed by atoms with E-state index in [1.165, 1.54) is 55.5 Å². The minimum atomic E-state index is 0.388. The minimum Gasteiger partial charge on any atom is -0.401 e. The molecule has 3 nitrogen and oxygen atoms in total. The predicted octanol–water partition coefficient (Wildman–Crippen LogP) is 4.66. The van der Waals surface area contributed by atoms with Gasteiger partial charge in [-0.25, -0.2) is 0 Å². The molecule has 158 valence electrons. The van der Waals surface area contributed by atoms with Crippen molar-refractivity contribution in [3.05, 3.63) is 58.8 Å². The van der Waals surface area contributed by atoms with E-state index in [-0.39, 0.29) is 0 Å². The molecule has 0 aromatic heterocycles. The van der Waals surface area contributed by atoms with E-state index in [1.807, 2.05) is 0 Å². The van der Waals surface area contributed by atoms with Gasteiger partial charge in [0.15, 0.2) is 0 Å². The minimum absolute atomic E-state index is 0.388. The van der Waals surface area contributed by atoms with Crippen LogP contribution in [0.15, 0.2) is 42.1 Å². The molecule has 2 N–H and O–H groups in total. The van der Waals surface area contributed by atoms with Gasteiger partial charge in [0, 0.05) is 30.9 Å². The summed E-state index contributed by atoms with van der Waals surface area (Å²) in [6.07, 6.45) is 10.8. The van der Waals surface area contributed by atoms with Gasteiger partial charge in [0.2, 0.25) is 0 Å². The van der Waals surface area contributed by atoms with E-state index in [1.54, 1.807) is 5.56 Å². The summed E-state index contributed by atoms with van der Waals surface area (Å²) in [7, 11) is 0. The monoisotopic (exact) mass is 393 g/mol. The Morgan fingerprint density at radius 1 is 1.10 bits per heavy atom. The van der Waals surface area contributed by atoms with Crippen LogP contribution in [0.2, 0.25) is 0 Å². The normalized spacial score (nSPS) is 27.9. The van der Waals surface area contributed by atoms with Crippen molar-refractivity contribution in [3.63, 3.8) is 0 Å². The lowest BCUT2D eigenvalue weighted by atomic mass is 9.88. The van der Waals surface area contributed by atoms with Gasteiger partial charge < -0.3 is 10.6 Å². The second-order valence-electron chi connectivity index (χ2n) is 9.36. The summed E-state index contributed by atoms with van der Waals surface area (Å²) >= 11 is 0. The fourth-order valence-electron chi connectivity index (χ4n) is 6.04. The molecule has 3 heteroatoms. The number of nitrogens with two attached hydrogens (primary N) is 1. The van der Waals surface area contributed by atoms with Gasteiger partial charge in [0.05, 0.1) is 0 Å². The van der Waals surface area contributed by atoms with Crippen molar-refractivity contribution in [1.82, 2.24) is 9.80 Å². The Bertz CT molecular complexity index is 761. The van der Waals surface area contributed by atoms with Crippen LogP contribution in [0.25, 0.3) is 0 Å². The maximum Gasteiger partial charge on any atom is 0.0499 e. The first kappa shape index (κ1) is 20.7. The molecule has 0 amide bonds. The maximum atomic E-state index is 6.38. The van der Waals surface area contributed by atoms with Gasteiger partial charge in [0.1, 0.15) is 0 Å². The van der Waals surface area contributed by atoms with Crippen LogP contribution in [0.5, 0.6) is 0 Å². The lowest BCUT2D eigenvalue weighted by molar-refractivity contribution is 0.175. The second kappa shape index (κ2) is 9.06. The Kier molecular flexibility index (Phi) is 6.46. The lowest BCUT2D eigenvalue weighted by Crippen LogP contribution is -2.43. The molecular weight excluding hydrogens is 354 g/mol. The number of allylic oxidation sites excluding steroid dienone is 2. The summed E-state index contributed by atoms with van der Waals surface area (Å²) in [4.78, 5) is 5.28. The van der Waals surface area contributed by atoms with Crippen LogP contribution in [-0.2, 0) is 19.4 Å². The molecule has 3 aliphatic rings. The van der Waals surface area contributed by atoms with E-state index in [4.69, 9.17) is 5.73 Å². The van der Waals surface area contributed by atoms with Crippen LogP contribution in [0.4, 0.5) is 0 Å².